The maximum atomic E-state index is 12.9. The molecule has 1 fully saturated rings. The summed E-state index contributed by atoms with van der Waals surface area (Å²) in [6.45, 7) is 3.71. The van der Waals surface area contributed by atoms with Crippen molar-refractivity contribution in [1.29, 1.82) is 0 Å². The summed E-state index contributed by atoms with van der Waals surface area (Å²) in [6.07, 6.45) is -0.779. The number of carboxylic acid groups (broad SMARTS) is 1. The van der Waals surface area contributed by atoms with E-state index in [4.69, 9.17) is 9.47 Å². The molecule has 2 aliphatic rings. The quantitative estimate of drug-likeness (QED) is 0.649. The number of fused-ring (bicyclic) bond motifs is 3. The lowest BCUT2D eigenvalue weighted by Crippen LogP contribution is -2.55. The molecule has 1 aliphatic carbocycles. The van der Waals surface area contributed by atoms with E-state index in [1.807, 2.05) is 24.3 Å². The Kier molecular flexibility index (Phi) is 6.61. The molecule has 2 amide bonds. The Morgan fingerprint density at radius 3 is 2.26 bits per heavy atom. The van der Waals surface area contributed by atoms with Gasteiger partial charge in [-0.05, 0) is 42.5 Å². The molecular weight excluding hydrogens is 436 g/mol. The number of carboxylic acids is 1. The van der Waals surface area contributed by atoms with Gasteiger partial charge in [0.2, 0.25) is 0 Å². The average Bonchev–Trinajstić information content (AvgIpc) is 3.43. The molecule has 0 saturated carbocycles. The first-order chi connectivity index (χ1) is 16.2. The molecule has 1 heterocycles. The number of nitrogens with one attached hydrogen (secondary N) is 1. The molecule has 8 nitrogen and oxygen atoms in total. The van der Waals surface area contributed by atoms with Crippen molar-refractivity contribution in [3.8, 4) is 11.1 Å². The van der Waals surface area contributed by atoms with Crippen LogP contribution in [0.25, 0.3) is 11.1 Å². The molecule has 0 aromatic heterocycles. The van der Waals surface area contributed by atoms with Crippen LogP contribution < -0.4 is 5.32 Å². The molecule has 1 aliphatic heterocycles. The van der Waals surface area contributed by atoms with Crippen molar-refractivity contribution >= 4 is 18.0 Å². The number of aliphatic carboxylic acids is 1. The van der Waals surface area contributed by atoms with E-state index in [2.05, 4.69) is 29.6 Å². The van der Waals surface area contributed by atoms with Gasteiger partial charge in [-0.3, -0.25) is 4.79 Å². The Morgan fingerprint density at radius 2 is 1.68 bits per heavy atom. The number of nitrogens with zero attached hydrogens (tertiary/aromatic N) is 1. The first kappa shape index (κ1) is 23.8. The number of alkyl carbamates (subject to hydrolysis) is 1. The number of likely N-dealkylation sites (N-methyl/N-ethyl adjacent to an activating group) is 1. The minimum absolute atomic E-state index is 0.0332. The predicted molar refractivity (Wildman–Crippen MR) is 125 cm³/mol. The van der Waals surface area contributed by atoms with Crippen LogP contribution in [0.4, 0.5) is 4.79 Å². The Labute approximate surface area is 198 Å². The van der Waals surface area contributed by atoms with Crippen molar-refractivity contribution < 1.29 is 29.0 Å². The number of hydrogen-bond acceptors (Lipinski definition) is 5. The van der Waals surface area contributed by atoms with Crippen LogP contribution in [0.2, 0.25) is 0 Å². The first-order valence-corrected chi connectivity index (χ1v) is 11.4. The molecule has 0 unspecified atom stereocenters. The second-order valence-corrected chi connectivity index (χ2v) is 9.31. The van der Waals surface area contributed by atoms with Crippen LogP contribution in [0.5, 0.6) is 0 Å². The molecule has 1 saturated heterocycles. The third kappa shape index (κ3) is 4.37. The Hall–Kier alpha value is -3.39. The SMILES string of the molecule is CN(C(=O)[C@@H]1OCC[C@@H]1CNC(=O)OCC1c2ccccc2-c2ccccc21)C(C)(C)C(=O)O. The number of carbonyl (C=O) groups is 3. The maximum absolute atomic E-state index is 12.9. The van der Waals surface area contributed by atoms with Gasteiger partial charge in [-0.2, -0.15) is 0 Å². The van der Waals surface area contributed by atoms with Gasteiger partial charge in [0.1, 0.15) is 18.2 Å². The van der Waals surface area contributed by atoms with Gasteiger partial charge < -0.3 is 24.8 Å². The zero-order valence-electron chi connectivity index (χ0n) is 19.6. The first-order valence-electron chi connectivity index (χ1n) is 11.4. The highest BCUT2D eigenvalue weighted by molar-refractivity contribution is 5.88. The van der Waals surface area contributed by atoms with Crippen LogP contribution in [0, 0.1) is 5.92 Å². The van der Waals surface area contributed by atoms with E-state index < -0.39 is 29.6 Å². The average molecular weight is 467 g/mol. The molecule has 180 valence electrons. The highest BCUT2D eigenvalue weighted by Gasteiger charge is 2.42. The molecule has 0 radical (unpaired) electrons. The largest absolute Gasteiger partial charge is 0.480 e. The van der Waals surface area contributed by atoms with Gasteiger partial charge in [0.15, 0.2) is 0 Å². The summed E-state index contributed by atoms with van der Waals surface area (Å²) in [5.41, 5.74) is 3.22. The van der Waals surface area contributed by atoms with Crippen molar-refractivity contribution in [1.82, 2.24) is 10.2 Å². The molecule has 0 spiro atoms. The summed E-state index contributed by atoms with van der Waals surface area (Å²) in [5, 5.41) is 12.2. The van der Waals surface area contributed by atoms with E-state index in [1.54, 1.807) is 0 Å². The highest BCUT2D eigenvalue weighted by Crippen LogP contribution is 2.44. The van der Waals surface area contributed by atoms with Crippen LogP contribution in [0.1, 0.15) is 37.3 Å². The zero-order valence-corrected chi connectivity index (χ0v) is 19.6. The number of amides is 2. The molecule has 4 rings (SSSR count). The van der Waals surface area contributed by atoms with Crippen LogP contribution in [0.15, 0.2) is 48.5 Å². The topological polar surface area (TPSA) is 105 Å². The minimum atomic E-state index is -1.37. The monoisotopic (exact) mass is 466 g/mol. The Bertz CT molecular complexity index is 1050. The lowest BCUT2D eigenvalue weighted by molar-refractivity contribution is -0.160. The van der Waals surface area contributed by atoms with Crippen LogP contribution in [0.3, 0.4) is 0 Å². The van der Waals surface area contributed by atoms with Gasteiger partial charge in [0.05, 0.1) is 0 Å². The maximum Gasteiger partial charge on any atom is 0.407 e. The summed E-state index contributed by atoms with van der Waals surface area (Å²) in [6, 6.07) is 16.2. The molecule has 2 aromatic carbocycles. The normalized spacial score (nSPS) is 19.3. The molecule has 2 N–H and O–H groups in total. The van der Waals surface area contributed by atoms with Gasteiger partial charge in [0, 0.05) is 32.0 Å². The molecule has 8 heteroatoms. The summed E-state index contributed by atoms with van der Waals surface area (Å²) >= 11 is 0. The minimum Gasteiger partial charge on any atom is -0.480 e. The van der Waals surface area contributed by atoms with Crippen LogP contribution in [-0.2, 0) is 19.1 Å². The van der Waals surface area contributed by atoms with Crippen LogP contribution >= 0.6 is 0 Å². The summed E-state index contributed by atoms with van der Waals surface area (Å²) < 4.78 is 11.2. The van der Waals surface area contributed by atoms with E-state index in [0.717, 1.165) is 22.3 Å². The standard InChI is InChI=1S/C26H30N2O6/c1-26(2,24(30)31)28(3)23(29)22-16(12-13-33-22)14-27-25(32)34-15-21-19-10-6-4-8-17(19)18-9-5-7-11-20(18)21/h4-11,16,21-22H,12-15H2,1-3H3,(H,27,32)(H,30,31)/t16-,22-/m1/s1. The van der Waals surface area contributed by atoms with Gasteiger partial charge in [0.25, 0.3) is 5.91 Å². The summed E-state index contributed by atoms with van der Waals surface area (Å²) in [4.78, 5) is 38.1. The van der Waals surface area contributed by atoms with E-state index in [-0.39, 0.29) is 25.0 Å². The number of ether oxygens (including phenoxy) is 2. The van der Waals surface area contributed by atoms with Crippen molar-refractivity contribution in [3.05, 3.63) is 59.7 Å². The third-order valence-corrected chi connectivity index (χ3v) is 7.00. The van der Waals surface area contributed by atoms with Crippen molar-refractivity contribution in [2.75, 3.05) is 26.8 Å². The summed E-state index contributed by atoms with van der Waals surface area (Å²) in [7, 11) is 1.45. The number of hydrogen-bond donors (Lipinski definition) is 2. The smallest absolute Gasteiger partial charge is 0.407 e. The number of benzene rings is 2. The van der Waals surface area contributed by atoms with Crippen molar-refractivity contribution in [2.45, 2.75) is 37.8 Å². The second kappa shape index (κ2) is 9.46. The fourth-order valence-corrected chi connectivity index (χ4v) is 4.59. The van der Waals surface area contributed by atoms with Gasteiger partial charge in [-0.15, -0.1) is 0 Å². The van der Waals surface area contributed by atoms with E-state index >= 15 is 0 Å². The summed E-state index contributed by atoms with van der Waals surface area (Å²) in [5.74, 6) is -1.81. The van der Waals surface area contributed by atoms with Crippen LogP contribution in [-0.4, -0.2) is 66.4 Å². The molecule has 0 bridgehead atoms. The third-order valence-electron chi connectivity index (χ3n) is 7.00. The van der Waals surface area contributed by atoms with E-state index in [0.29, 0.717) is 13.0 Å². The zero-order chi connectivity index (χ0) is 24.5. The number of rotatable bonds is 7. The Balaban J connectivity index is 1.34. The highest BCUT2D eigenvalue weighted by atomic mass is 16.5. The van der Waals surface area contributed by atoms with Gasteiger partial charge >= 0.3 is 12.1 Å². The number of carbonyl (C=O) groups excluding carboxylic acids is 2. The molecule has 34 heavy (non-hydrogen) atoms. The fraction of sp³-hybridized carbons (Fsp3) is 0.423. The molecule has 2 atom stereocenters. The van der Waals surface area contributed by atoms with Crippen molar-refractivity contribution in [2.24, 2.45) is 5.92 Å². The van der Waals surface area contributed by atoms with Crippen molar-refractivity contribution in [3.63, 3.8) is 0 Å². The predicted octanol–water partition coefficient (Wildman–Crippen LogP) is 3.25. The lowest BCUT2D eigenvalue weighted by atomic mass is 9.97. The van der Waals surface area contributed by atoms with Gasteiger partial charge in [-0.25, -0.2) is 9.59 Å². The Morgan fingerprint density at radius 1 is 1.09 bits per heavy atom. The second-order valence-electron chi connectivity index (χ2n) is 9.31. The van der Waals surface area contributed by atoms with Gasteiger partial charge in [-0.1, -0.05) is 48.5 Å². The fourth-order valence-electron chi connectivity index (χ4n) is 4.59. The van der Waals surface area contributed by atoms with E-state index in [9.17, 15) is 19.5 Å². The molecule has 2 aromatic rings. The van der Waals surface area contributed by atoms with E-state index in [1.165, 1.54) is 25.8 Å². The molecular formula is C26H30N2O6. The lowest BCUT2D eigenvalue weighted by Gasteiger charge is -2.34.